The van der Waals surface area contributed by atoms with Crippen molar-refractivity contribution in [3.8, 4) is 11.5 Å². The summed E-state index contributed by atoms with van der Waals surface area (Å²) in [5, 5.41) is 6.12. The second kappa shape index (κ2) is 15.6. The van der Waals surface area contributed by atoms with E-state index in [9.17, 15) is 8.78 Å². The molecule has 0 spiro atoms. The summed E-state index contributed by atoms with van der Waals surface area (Å²) >= 11 is 0. The van der Waals surface area contributed by atoms with Gasteiger partial charge in [0.15, 0.2) is 17.5 Å². The van der Waals surface area contributed by atoms with E-state index in [0.29, 0.717) is 44.5 Å². The molecule has 0 saturated carbocycles. The Morgan fingerprint density at radius 1 is 1.19 bits per heavy atom. The van der Waals surface area contributed by atoms with Gasteiger partial charge in [-0.1, -0.05) is 12.1 Å². The monoisotopic (exact) mass is 503 g/mol. The Balaban J connectivity index is 0.00000676. The van der Waals surface area contributed by atoms with Crippen molar-refractivity contribution in [1.82, 2.24) is 10.6 Å². The lowest BCUT2D eigenvalue weighted by molar-refractivity contribution is -0.0520. The Labute approximate surface area is 175 Å². The maximum atomic E-state index is 12.7. The van der Waals surface area contributed by atoms with Crippen molar-refractivity contribution in [3.05, 3.63) is 23.8 Å². The van der Waals surface area contributed by atoms with E-state index < -0.39 is 6.61 Å². The minimum absolute atomic E-state index is 0. The number of nitrogens with zero attached hydrogens (tertiary/aromatic N) is 1. The average Bonchev–Trinajstić information content (AvgIpc) is 2.62. The van der Waals surface area contributed by atoms with Crippen molar-refractivity contribution in [2.24, 2.45) is 4.99 Å². The van der Waals surface area contributed by atoms with Gasteiger partial charge >= 0.3 is 6.61 Å². The quantitative estimate of drug-likeness (QED) is 0.198. The second-order valence-electron chi connectivity index (χ2n) is 5.01. The molecule has 156 valence electrons. The molecule has 2 N–H and O–H groups in total. The topological polar surface area (TPSA) is 73.3 Å². The van der Waals surface area contributed by atoms with Gasteiger partial charge in [-0.2, -0.15) is 8.78 Å². The molecule has 27 heavy (non-hydrogen) atoms. The minimum atomic E-state index is -2.93. The van der Waals surface area contributed by atoms with E-state index in [2.05, 4.69) is 20.4 Å². The van der Waals surface area contributed by atoms with E-state index in [1.807, 2.05) is 0 Å². The number of hydrogen-bond donors (Lipinski definition) is 2. The van der Waals surface area contributed by atoms with E-state index in [1.165, 1.54) is 0 Å². The van der Waals surface area contributed by atoms with Gasteiger partial charge in [0.2, 0.25) is 0 Å². The zero-order chi connectivity index (χ0) is 19.2. The number of hydrogen-bond acceptors (Lipinski definition) is 5. The molecular weight excluding hydrogens is 475 g/mol. The van der Waals surface area contributed by atoms with Crippen LogP contribution in [0.25, 0.3) is 0 Å². The summed E-state index contributed by atoms with van der Waals surface area (Å²) in [6.07, 6.45) is 0. The third-order valence-corrected chi connectivity index (χ3v) is 3.21. The van der Waals surface area contributed by atoms with E-state index in [0.717, 1.165) is 0 Å². The predicted octanol–water partition coefficient (Wildman–Crippen LogP) is 2.63. The lowest BCUT2D eigenvalue weighted by Crippen LogP contribution is -2.38. The summed E-state index contributed by atoms with van der Waals surface area (Å²) in [5.74, 6) is 0.821. The Kier molecular flexibility index (Phi) is 14.8. The molecule has 0 aliphatic rings. The molecule has 1 rings (SSSR count). The van der Waals surface area contributed by atoms with Gasteiger partial charge in [-0.15, -0.1) is 24.0 Å². The largest absolute Gasteiger partial charge is 0.490 e. The Bertz CT molecular complexity index is 551. The van der Waals surface area contributed by atoms with Crippen LogP contribution in [0, 0.1) is 0 Å². The van der Waals surface area contributed by atoms with E-state index in [1.54, 1.807) is 39.3 Å². The number of aliphatic imine (C=N–C) groups is 1. The van der Waals surface area contributed by atoms with Gasteiger partial charge in [0.1, 0.15) is 0 Å². The molecule has 10 heteroatoms. The highest BCUT2D eigenvalue weighted by molar-refractivity contribution is 14.0. The van der Waals surface area contributed by atoms with Crippen LogP contribution in [0.15, 0.2) is 23.2 Å². The van der Waals surface area contributed by atoms with Crippen molar-refractivity contribution >= 4 is 29.9 Å². The molecule has 7 nitrogen and oxygen atoms in total. The number of benzene rings is 1. The molecule has 0 amide bonds. The molecule has 0 aliphatic carbocycles. The van der Waals surface area contributed by atoms with E-state index in [-0.39, 0.29) is 42.0 Å². The Morgan fingerprint density at radius 3 is 2.59 bits per heavy atom. The van der Waals surface area contributed by atoms with Gasteiger partial charge < -0.3 is 29.6 Å². The number of nitrogens with one attached hydrogen (secondary N) is 2. The van der Waals surface area contributed by atoms with Crippen LogP contribution >= 0.6 is 24.0 Å². The third-order valence-electron chi connectivity index (χ3n) is 3.21. The fourth-order valence-corrected chi connectivity index (χ4v) is 2.08. The van der Waals surface area contributed by atoms with Crippen LogP contribution in [0.5, 0.6) is 11.5 Å². The fraction of sp³-hybridized carbons (Fsp3) is 0.588. The van der Waals surface area contributed by atoms with Crippen LogP contribution in [0.3, 0.4) is 0 Å². The number of methoxy groups -OCH3 is 1. The van der Waals surface area contributed by atoms with Crippen molar-refractivity contribution in [2.45, 2.75) is 20.1 Å². The lowest BCUT2D eigenvalue weighted by atomic mass is 10.2. The number of rotatable bonds is 12. The number of guanidine groups is 1. The van der Waals surface area contributed by atoms with Gasteiger partial charge in [-0.25, -0.2) is 0 Å². The van der Waals surface area contributed by atoms with Gasteiger partial charge in [-0.3, -0.25) is 4.99 Å². The van der Waals surface area contributed by atoms with Crippen LogP contribution < -0.4 is 20.1 Å². The summed E-state index contributed by atoms with van der Waals surface area (Å²) in [6, 6.07) is 5.00. The zero-order valence-electron chi connectivity index (χ0n) is 15.8. The first-order chi connectivity index (χ1) is 12.6. The molecular formula is C17H28F2IN3O4. The van der Waals surface area contributed by atoms with Crippen LogP contribution in [-0.4, -0.2) is 59.7 Å². The first-order valence-electron chi connectivity index (χ1n) is 8.33. The van der Waals surface area contributed by atoms with Gasteiger partial charge in [0, 0.05) is 32.8 Å². The van der Waals surface area contributed by atoms with Crippen molar-refractivity contribution in [1.29, 1.82) is 0 Å². The molecule has 0 aliphatic heterocycles. The highest BCUT2D eigenvalue weighted by atomic mass is 127. The summed E-state index contributed by atoms with van der Waals surface area (Å²) in [6.45, 7) is 1.52. The zero-order valence-corrected chi connectivity index (χ0v) is 18.1. The van der Waals surface area contributed by atoms with E-state index in [4.69, 9.17) is 14.2 Å². The first-order valence-corrected chi connectivity index (χ1v) is 8.33. The summed E-state index contributed by atoms with van der Waals surface area (Å²) in [5.41, 5.74) is 0.538. The Hall–Kier alpha value is -1.40. The molecule has 0 bridgehead atoms. The maximum Gasteiger partial charge on any atom is 0.387 e. The Morgan fingerprint density at radius 2 is 1.96 bits per heavy atom. The lowest BCUT2D eigenvalue weighted by Gasteiger charge is -2.17. The van der Waals surface area contributed by atoms with Crippen molar-refractivity contribution < 1.29 is 27.7 Å². The van der Waals surface area contributed by atoms with Crippen molar-refractivity contribution in [2.75, 3.05) is 47.1 Å². The minimum Gasteiger partial charge on any atom is -0.490 e. The van der Waals surface area contributed by atoms with Gasteiger partial charge in [0.05, 0.1) is 26.4 Å². The summed E-state index contributed by atoms with van der Waals surface area (Å²) in [4.78, 5) is 4.08. The van der Waals surface area contributed by atoms with E-state index >= 15 is 0 Å². The van der Waals surface area contributed by atoms with Crippen LogP contribution in [0.2, 0.25) is 0 Å². The van der Waals surface area contributed by atoms with Crippen molar-refractivity contribution in [3.63, 3.8) is 0 Å². The SMILES string of the molecule is CCOc1cccc(CNC(=NC)NCCOCCOC)c1OC(F)F.I. The molecule has 0 radical (unpaired) electrons. The first kappa shape index (κ1) is 25.6. The predicted molar refractivity (Wildman–Crippen MR) is 111 cm³/mol. The standard InChI is InChI=1S/C17H27F2N3O4.HI/c1-4-25-14-7-5-6-13(15(14)26-16(18)19)12-22-17(20-2)21-8-9-24-11-10-23-3;/h5-7,16H,4,8-12H2,1-3H3,(H2,20,21,22);1H. The highest BCUT2D eigenvalue weighted by Crippen LogP contribution is 2.32. The number of halogens is 3. The molecule has 0 atom stereocenters. The number of para-hydroxylation sites is 1. The molecule has 0 unspecified atom stereocenters. The molecule has 1 aromatic rings. The normalized spacial score (nSPS) is 11.1. The smallest absolute Gasteiger partial charge is 0.387 e. The maximum absolute atomic E-state index is 12.7. The van der Waals surface area contributed by atoms with Gasteiger partial charge in [-0.05, 0) is 13.0 Å². The van der Waals surface area contributed by atoms with Gasteiger partial charge in [0.25, 0.3) is 0 Å². The third kappa shape index (κ3) is 10.5. The second-order valence-corrected chi connectivity index (χ2v) is 5.01. The molecule has 1 aromatic carbocycles. The highest BCUT2D eigenvalue weighted by Gasteiger charge is 2.15. The molecule has 0 saturated heterocycles. The molecule has 0 fully saturated rings. The molecule has 0 heterocycles. The van der Waals surface area contributed by atoms with Crippen LogP contribution in [0.4, 0.5) is 8.78 Å². The summed E-state index contributed by atoms with van der Waals surface area (Å²) < 4.78 is 45.7. The fourth-order valence-electron chi connectivity index (χ4n) is 2.08. The number of ether oxygens (including phenoxy) is 4. The molecule has 0 aromatic heterocycles. The van der Waals surface area contributed by atoms with Crippen LogP contribution in [0.1, 0.15) is 12.5 Å². The number of alkyl halides is 2. The summed E-state index contributed by atoms with van der Waals surface area (Å²) in [7, 11) is 3.23. The average molecular weight is 503 g/mol. The van der Waals surface area contributed by atoms with Crippen LogP contribution in [-0.2, 0) is 16.0 Å².